The van der Waals surface area contributed by atoms with E-state index >= 15 is 0 Å². The van der Waals surface area contributed by atoms with Crippen molar-refractivity contribution >= 4 is 23.5 Å². The first kappa shape index (κ1) is 19.0. The molecular formula is C19H24ClNO5. The minimum absolute atomic E-state index is 0.246. The Labute approximate surface area is 158 Å². The summed E-state index contributed by atoms with van der Waals surface area (Å²) >= 11 is 5.89. The number of rotatable bonds is 7. The normalized spacial score (nSPS) is 22.3. The number of hydrogen-bond donors (Lipinski definition) is 0. The molecule has 1 aromatic carbocycles. The molecule has 0 amide bonds. The van der Waals surface area contributed by atoms with Crippen LogP contribution in [0.25, 0.3) is 0 Å². The third-order valence-corrected chi connectivity index (χ3v) is 5.13. The number of hydrogen-bond acceptors (Lipinski definition) is 6. The van der Waals surface area contributed by atoms with E-state index < -0.39 is 17.8 Å². The lowest BCUT2D eigenvalue weighted by Gasteiger charge is -2.45. The van der Waals surface area contributed by atoms with Crippen LogP contribution in [0.2, 0.25) is 5.02 Å². The number of carbonyl (C=O) groups excluding carboxylic acids is 2. The van der Waals surface area contributed by atoms with Crippen LogP contribution in [0.5, 0.6) is 5.75 Å². The van der Waals surface area contributed by atoms with Gasteiger partial charge in [0.25, 0.3) is 0 Å². The van der Waals surface area contributed by atoms with Crippen molar-refractivity contribution in [2.75, 3.05) is 19.7 Å². The van der Waals surface area contributed by atoms with Gasteiger partial charge in [0.1, 0.15) is 12.4 Å². The van der Waals surface area contributed by atoms with Crippen molar-refractivity contribution in [1.29, 1.82) is 0 Å². The minimum atomic E-state index is -1.34. The van der Waals surface area contributed by atoms with Gasteiger partial charge < -0.3 is 14.2 Å². The summed E-state index contributed by atoms with van der Waals surface area (Å²) in [7, 11) is 0. The summed E-state index contributed by atoms with van der Waals surface area (Å²) in [5, 5.41) is 0.632. The van der Waals surface area contributed by atoms with Gasteiger partial charge in [-0.05, 0) is 43.5 Å². The smallest absolute Gasteiger partial charge is 0.421 e. The third kappa shape index (κ3) is 3.96. The number of likely N-dealkylation sites (tertiary alicyclic amines) is 1. The zero-order valence-corrected chi connectivity index (χ0v) is 15.7. The zero-order valence-electron chi connectivity index (χ0n) is 14.9. The van der Waals surface area contributed by atoms with Crippen molar-refractivity contribution in [2.45, 2.75) is 44.9 Å². The molecular weight excluding hydrogens is 358 g/mol. The van der Waals surface area contributed by atoms with Crippen molar-refractivity contribution in [3.63, 3.8) is 0 Å². The van der Waals surface area contributed by atoms with E-state index in [4.69, 9.17) is 25.8 Å². The molecule has 7 heteroatoms. The summed E-state index contributed by atoms with van der Waals surface area (Å²) in [6, 6.07) is 7.06. The lowest BCUT2D eigenvalue weighted by molar-refractivity contribution is -0.294. The van der Waals surface area contributed by atoms with Gasteiger partial charge >= 0.3 is 17.8 Å². The molecule has 1 spiro atoms. The molecule has 0 radical (unpaired) electrons. The predicted molar refractivity (Wildman–Crippen MR) is 95.7 cm³/mol. The molecule has 2 fully saturated rings. The number of nitrogens with zero attached hydrogens (tertiary/aromatic N) is 1. The quantitative estimate of drug-likeness (QED) is 0.410. The molecule has 1 atom stereocenters. The summed E-state index contributed by atoms with van der Waals surface area (Å²) in [6.07, 6.45) is 4.79. The summed E-state index contributed by atoms with van der Waals surface area (Å²) in [5.41, 5.74) is 0. The SMILES string of the molecule is CCCCCN1CCCC(COc2ccc(Cl)cc2)C12OC(=O)C(=O)O2. The maximum atomic E-state index is 11.8. The summed E-state index contributed by atoms with van der Waals surface area (Å²) in [4.78, 5) is 25.6. The molecule has 0 N–H and O–H groups in total. The third-order valence-electron chi connectivity index (χ3n) is 4.88. The first-order chi connectivity index (χ1) is 12.5. The molecule has 26 heavy (non-hydrogen) atoms. The molecule has 0 aromatic heterocycles. The average molecular weight is 382 g/mol. The second-order valence-electron chi connectivity index (χ2n) is 6.71. The van der Waals surface area contributed by atoms with Gasteiger partial charge in [-0.2, -0.15) is 0 Å². The number of unbranched alkanes of at least 4 members (excludes halogenated alkanes) is 2. The van der Waals surface area contributed by atoms with Gasteiger partial charge in [-0.15, -0.1) is 0 Å². The van der Waals surface area contributed by atoms with Crippen molar-refractivity contribution in [3.8, 4) is 5.75 Å². The van der Waals surface area contributed by atoms with E-state index in [1.54, 1.807) is 24.3 Å². The van der Waals surface area contributed by atoms with Gasteiger partial charge in [0.15, 0.2) is 0 Å². The van der Waals surface area contributed by atoms with E-state index in [0.29, 0.717) is 17.3 Å². The Morgan fingerprint density at radius 2 is 1.88 bits per heavy atom. The fraction of sp³-hybridized carbons (Fsp3) is 0.579. The molecule has 2 saturated heterocycles. The maximum Gasteiger partial charge on any atom is 0.421 e. The summed E-state index contributed by atoms with van der Waals surface area (Å²) in [5.74, 6) is -2.77. The van der Waals surface area contributed by atoms with Crippen LogP contribution in [0, 0.1) is 5.92 Å². The van der Waals surface area contributed by atoms with Gasteiger partial charge in [-0.3, -0.25) is 0 Å². The first-order valence-electron chi connectivity index (χ1n) is 9.15. The fourth-order valence-corrected chi connectivity index (χ4v) is 3.65. The molecule has 2 aliphatic rings. The van der Waals surface area contributed by atoms with Gasteiger partial charge in [0.2, 0.25) is 0 Å². The minimum Gasteiger partial charge on any atom is -0.493 e. The molecule has 142 valence electrons. The van der Waals surface area contributed by atoms with Crippen LogP contribution < -0.4 is 4.74 Å². The van der Waals surface area contributed by atoms with Crippen molar-refractivity contribution < 1.29 is 23.8 Å². The van der Waals surface area contributed by atoms with Crippen molar-refractivity contribution in [2.24, 2.45) is 5.92 Å². The van der Waals surface area contributed by atoms with E-state index in [-0.39, 0.29) is 12.5 Å². The van der Waals surface area contributed by atoms with Crippen LogP contribution >= 0.6 is 11.6 Å². The van der Waals surface area contributed by atoms with Crippen LogP contribution in [0.1, 0.15) is 39.0 Å². The van der Waals surface area contributed by atoms with Crippen LogP contribution in [-0.4, -0.2) is 42.4 Å². The highest BCUT2D eigenvalue weighted by atomic mass is 35.5. The Kier molecular flexibility index (Phi) is 6.04. The summed E-state index contributed by atoms with van der Waals surface area (Å²) in [6.45, 7) is 3.85. The summed E-state index contributed by atoms with van der Waals surface area (Å²) < 4.78 is 16.8. The van der Waals surface area contributed by atoms with Gasteiger partial charge in [-0.25, -0.2) is 14.5 Å². The number of piperidine rings is 1. The highest BCUT2D eigenvalue weighted by molar-refractivity contribution is 6.31. The van der Waals surface area contributed by atoms with E-state index in [2.05, 4.69) is 6.92 Å². The Balaban J connectivity index is 1.74. The second kappa shape index (κ2) is 8.27. The van der Waals surface area contributed by atoms with Crippen LogP contribution in [-0.2, 0) is 19.1 Å². The molecule has 0 saturated carbocycles. The number of esters is 2. The van der Waals surface area contributed by atoms with Gasteiger partial charge in [0.05, 0.1) is 5.92 Å². The standard InChI is InChI=1S/C19H24ClNO5/c1-2-3-4-11-21-12-5-6-14(19(21)25-17(22)18(23)26-19)13-24-16-9-7-15(20)8-10-16/h7-10,14H,2-6,11-13H2,1H3. The average Bonchev–Trinajstić information content (AvgIpc) is 2.92. The topological polar surface area (TPSA) is 65.1 Å². The maximum absolute atomic E-state index is 11.8. The Bertz CT molecular complexity index is 632. The molecule has 6 nitrogen and oxygen atoms in total. The molecule has 1 aromatic rings. The molecule has 1 unspecified atom stereocenters. The fourth-order valence-electron chi connectivity index (χ4n) is 3.53. The Morgan fingerprint density at radius 3 is 2.54 bits per heavy atom. The van der Waals surface area contributed by atoms with E-state index in [1.165, 1.54) is 0 Å². The number of halogens is 1. The number of benzene rings is 1. The monoisotopic (exact) mass is 381 g/mol. The lowest BCUT2D eigenvalue weighted by Crippen LogP contribution is -2.60. The van der Waals surface area contributed by atoms with E-state index in [0.717, 1.165) is 38.6 Å². The van der Waals surface area contributed by atoms with Crippen molar-refractivity contribution in [3.05, 3.63) is 29.3 Å². The largest absolute Gasteiger partial charge is 0.493 e. The predicted octanol–water partition coefficient (Wildman–Crippen LogP) is 3.37. The molecule has 0 bridgehead atoms. The van der Waals surface area contributed by atoms with Gasteiger partial charge in [0, 0.05) is 18.1 Å². The highest BCUT2D eigenvalue weighted by Crippen LogP contribution is 2.40. The highest BCUT2D eigenvalue weighted by Gasteiger charge is 2.59. The number of carbonyl (C=O) groups is 2. The zero-order chi connectivity index (χ0) is 18.6. The Morgan fingerprint density at radius 1 is 1.19 bits per heavy atom. The van der Waals surface area contributed by atoms with E-state index in [1.807, 2.05) is 4.90 Å². The second-order valence-corrected chi connectivity index (χ2v) is 7.14. The van der Waals surface area contributed by atoms with Crippen molar-refractivity contribution in [1.82, 2.24) is 4.90 Å². The lowest BCUT2D eigenvalue weighted by atomic mass is 9.93. The van der Waals surface area contributed by atoms with Crippen LogP contribution in [0.15, 0.2) is 24.3 Å². The molecule has 3 rings (SSSR count). The molecule has 2 heterocycles. The Hall–Kier alpha value is -1.79. The molecule has 0 aliphatic carbocycles. The molecule has 2 aliphatic heterocycles. The van der Waals surface area contributed by atoms with E-state index in [9.17, 15) is 9.59 Å². The van der Waals surface area contributed by atoms with Crippen LogP contribution in [0.3, 0.4) is 0 Å². The van der Waals surface area contributed by atoms with Gasteiger partial charge in [-0.1, -0.05) is 31.4 Å². The number of ether oxygens (including phenoxy) is 3. The first-order valence-corrected chi connectivity index (χ1v) is 9.52. The van der Waals surface area contributed by atoms with Crippen LogP contribution in [0.4, 0.5) is 0 Å².